The van der Waals surface area contributed by atoms with Crippen LogP contribution in [0.3, 0.4) is 0 Å². The molecule has 4 heteroatoms. The quantitative estimate of drug-likeness (QED) is 0.432. The Hall–Kier alpha value is -1.57. The van der Waals surface area contributed by atoms with E-state index in [4.69, 9.17) is 4.74 Å². The second kappa shape index (κ2) is 8.17. The molecule has 0 aliphatic rings. The van der Waals surface area contributed by atoms with E-state index in [1.165, 1.54) is 15.3 Å². The smallest absolute Gasteiger partial charge is 0.306 e. The van der Waals surface area contributed by atoms with Crippen LogP contribution in [0.25, 0.3) is 9.75 Å². The summed E-state index contributed by atoms with van der Waals surface area (Å²) in [6.45, 7) is 6.50. The molecule has 0 aromatic carbocycles. The second-order valence-electron chi connectivity index (χ2n) is 5.47. The number of thiophene rings is 2. The molecule has 0 radical (unpaired) electrons. The predicted octanol–water partition coefficient (Wildman–Crippen LogP) is 5.12. The Morgan fingerprint density at radius 2 is 2.23 bits per heavy atom. The topological polar surface area (TPSA) is 26.3 Å². The maximum Gasteiger partial charge on any atom is 0.306 e. The fourth-order valence-electron chi connectivity index (χ4n) is 1.95. The fraction of sp³-hybridized carbons (Fsp3) is 0.389. The largest absolute Gasteiger partial charge is 0.465 e. The van der Waals surface area contributed by atoms with Crippen LogP contribution < -0.4 is 0 Å². The van der Waals surface area contributed by atoms with Gasteiger partial charge in [-0.05, 0) is 35.9 Å². The molecule has 0 amide bonds. The summed E-state index contributed by atoms with van der Waals surface area (Å²) >= 11 is 3.47. The number of ether oxygens (including phenoxy) is 1. The standard InChI is InChI=1S/C18H20O2S2/c1-13(2)11-17(19)20-9-5-4-7-15-12-14(3)18(22-15)16-8-6-10-21-16/h6,8,10,12-13H,5,9,11H2,1-3H3. The monoisotopic (exact) mass is 332 g/mol. The van der Waals surface area contributed by atoms with Gasteiger partial charge in [-0.2, -0.15) is 0 Å². The summed E-state index contributed by atoms with van der Waals surface area (Å²) in [7, 11) is 0. The van der Waals surface area contributed by atoms with Crippen LogP contribution in [0.15, 0.2) is 23.6 Å². The van der Waals surface area contributed by atoms with Gasteiger partial charge < -0.3 is 4.74 Å². The maximum absolute atomic E-state index is 11.4. The lowest BCUT2D eigenvalue weighted by molar-refractivity contribution is -0.144. The van der Waals surface area contributed by atoms with Gasteiger partial charge in [-0.3, -0.25) is 4.79 Å². The van der Waals surface area contributed by atoms with Gasteiger partial charge in [0.05, 0.1) is 4.88 Å². The fourth-order valence-corrected chi connectivity index (χ4v) is 3.92. The van der Waals surface area contributed by atoms with E-state index in [-0.39, 0.29) is 5.97 Å². The molecule has 0 unspecified atom stereocenters. The zero-order valence-electron chi connectivity index (χ0n) is 13.1. The summed E-state index contributed by atoms with van der Waals surface area (Å²) in [6.07, 6.45) is 1.05. The summed E-state index contributed by atoms with van der Waals surface area (Å²) in [5, 5.41) is 2.09. The molecule has 2 nitrogen and oxygen atoms in total. The Labute approximate surface area is 140 Å². The van der Waals surface area contributed by atoms with Crippen molar-refractivity contribution in [2.24, 2.45) is 5.92 Å². The first-order valence-electron chi connectivity index (χ1n) is 7.35. The molecule has 0 saturated carbocycles. The summed E-state index contributed by atoms with van der Waals surface area (Å²) in [4.78, 5) is 15.0. The predicted molar refractivity (Wildman–Crippen MR) is 94.3 cm³/mol. The van der Waals surface area contributed by atoms with Crippen LogP contribution in [0.5, 0.6) is 0 Å². The summed E-state index contributed by atoms with van der Waals surface area (Å²) in [5.74, 6) is 6.45. The van der Waals surface area contributed by atoms with E-state index in [0.717, 1.165) is 4.88 Å². The van der Waals surface area contributed by atoms with Crippen LogP contribution in [0.1, 0.15) is 37.1 Å². The highest BCUT2D eigenvalue weighted by atomic mass is 32.1. The third-order valence-corrected chi connectivity index (χ3v) is 5.14. The van der Waals surface area contributed by atoms with Crippen LogP contribution in [0.2, 0.25) is 0 Å². The minimum Gasteiger partial charge on any atom is -0.465 e. The minimum atomic E-state index is -0.135. The molecular weight excluding hydrogens is 312 g/mol. The number of carbonyl (C=O) groups is 1. The van der Waals surface area contributed by atoms with E-state index < -0.39 is 0 Å². The molecule has 116 valence electrons. The van der Waals surface area contributed by atoms with Gasteiger partial charge in [0.25, 0.3) is 0 Å². The summed E-state index contributed by atoms with van der Waals surface area (Å²) < 4.78 is 5.14. The highest BCUT2D eigenvalue weighted by Crippen LogP contribution is 2.34. The van der Waals surface area contributed by atoms with Gasteiger partial charge in [0.15, 0.2) is 0 Å². The molecule has 0 N–H and O–H groups in total. The zero-order chi connectivity index (χ0) is 15.9. The van der Waals surface area contributed by atoms with Gasteiger partial charge in [-0.25, -0.2) is 0 Å². The van der Waals surface area contributed by atoms with Crippen molar-refractivity contribution < 1.29 is 9.53 Å². The lowest BCUT2D eigenvalue weighted by atomic mass is 10.1. The number of rotatable bonds is 5. The molecule has 0 spiro atoms. The van der Waals surface area contributed by atoms with Gasteiger partial charge in [0.1, 0.15) is 6.61 Å². The number of aryl methyl sites for hydroxylation is 1. The molecule has 0 aliphatic heterocycles. The van der Waals surface area contributed by atoms with E-state index in [2.05, 4.69) is 42.3 Å². The number of hydrogen-bond acceptors (Lipinski definition) is 4. The van der Waals surface area contributed by atoms with Crippen LogP contribution in [-0.2, 0) is 9.53 Å². The van der Waals surface area contributed by atoms with Crippen LogP contribution in [0, 0.1) is 24.7 Å². The van der Waals surface area contributed by atoms with E-state index in [0.29, 0.717) is 25.4 Å². The molecule has 0 atom stereocenters. The third-order valence-electron chi connectivity index (χ3n) is 2.94. The van der Waals surface area contributed by atoms with Crippen molar-refractivity contribution in [1.82, 2.24) is 0 Å². The molecule has 0 saturated heterocycles. The lowest BCUT2D eigenvalue weighted by Gasteiger charge is -2.03. The van der Waals surface area contributed by atoms with Crippen LogP contribution in [-0.4, -0.2) is 12.6 Å². The van der Waals surface area contributed by atoms with E-state index in [1.54, 1.807) is 22.7 Å². The van der Waals surface area contributed by atoms with E-state index in [9.17, 15) is 4.79 Å². The minimum absolute atomic E-state index is 0.135. The van der Waals surface area contributed by atoms with Gasteiger partial charge in [-0.1, -0.05) is 31.8 Å². The molecular formula is C18H20O2S2. The first kappa shape index (κ1) is 16.8. The van der Waals surface area contributed by atoms with Crippen molar-refractivity contribution in [2.75, 3.05) is 6.61 Å². The molecule has 2 aromatic rings. The van der Waals surface area contributed by atoms with Crippen molar-refractivity contribution in [3.8, 4) is 21.6 Å². The molecule has 2 heterocycles. The SMILES string of the molecule is Cc1cc(C#CCCOC(=O)CC(C)C)sc1-c1cccs1. The second-order valence-corrected chi connectivity index (χ2v) is 7.47. The zero-order valence-corrected chi connectivity index (χ0v) is 14.8. The summed E-state index contributed by atoms with van der Waals surface area (Å²) in [6, 6.07) is 6.32. The Bertz CT molecular complexity index is 670. The number of esters is 1. The van der Waals surface area contributed by atoms with Gasteiger partial charge in [0, 0.05) is 22.6 Å². The lowest BCUT2D eigenvalue weighted by Crippen LogP contribution is -2.08. The molecule has 2 rings (SSSR count). The van der Waals surface area contributed by atoms with E-state index in [1.807, 2.05) is 13.8 Å². The first-order chi connectivity index (χ1) is 10.6. The van der Waals surface area contributed by atoms with E-state index >= 15 is 0 Å². The Morgan fingerprint density at radius 3 is 2.91 bits per heavy atom. The molecule has 0 fully saturated rings. The van der Waals surface area contributed by atoms with Gasteiger partial charge in [0.2, 0.25) is 0 Å². The third kappa shape index (κ3) is 5.01. The highest BCUT2D eigenvalue weighted by molar-refractivity contribution is 7.21. The van der Waals surface area contributed by atoms with Gasteiger partial charge >= 0.3 is 5.97 Å². The number of carbonyl (C=O) groups excluding carboxylic acids is 1. The van der Waals surface area contributed by atoms with Crippen molar-refractivity contribution in [1.29, 1.82) is 0 Å². The molecule has 0 aliphatic carbocycles. The van der Waals surface area contributed by atoms with Crippen molar-refractivity contribution in [2.45, 2.75) is 33.6 Å². The Morgan fingerprint density at radius 1 is 1.41 bits per heavy atom. The van der Waals surface area contributed by atoms with Crippen LogP contribution >= 0.6 is 22.7 Å². The Kier molecular flexibility index (Phi) is 6.23. The normalized spacial score (nSPS) is 10.4. The average molecular weight is 332 g/mol. The highest BCUT2D eigenvalue weighted by Gasteiger charge is 2.07. The molecule has 22 heavy (non-hydrogen) atoms. The molecule has 0 bridgehead atoms. The van der Waals surface area contributed by atoms with Crippen molar-refractivity contribution in [3.05, 3.63) is 34.0 Å². The van der Waals surface area contributed by atoms with Crippen LogP contribution in [0.4, 0.5) is 0 Å². The van der Waals surface area contributed by atoms with Gasteiger partial charge in [-0.15, -0.1) is 22.7 Å². The van der Waals surface area contributed by atoms with Crippen molar-refractivity contribution in [3.63, 3.8) is 0 Å². The molecule has 2 aromatic heterocycles. The summed E-state index contributed by atoms with van der Waals surface area (Å²) in [5.41, 5.74) is 1.26. The maximum atomic E-state index is 11.4. The first-order valence-corrected chi connectivity index (χ1v) is 9.04. The van der Waals surface area contributed by atoms with Crippen molar-refractivity contribution >= 4 is 28.6 Å². The average Bonchev–Trinajstić information content (AvgIpc) is 3.06. The Balaban J connectivity index is 1.85. The number of hydrogen-bond donors (Lipinski definition) is 0.